The molecule has 1 aliphatic rings. The standard InChI is InChI=1S/C21H21F3N2O.C19H11F6NO/c1-14-6-5-9-16(10-14)19-11-18(21(22,23)24)17(12-25)20(27)26(19)13-15-7-3-2-4-8-15;20-14-7-6-12(17(21)18(14)22)10-26-15(11-4-2-1-3-5-11)8-13(9-16(26)27)19(23,24)25/h5-6,9-11,15H,2-4,7-8,13H2,1H3;1-9H,10H2. The first kappa shape index (κ1) is 39.6. The second-order valence-corrected chi connectivity index (χ2v) is 13.0. The van der Waals surface area contributed by atoms with Crippen LogP contribution >= 0.6 is 0 Å². The van der Waals surface area contributed by atoms with Crippen molar-refractivity contribution in [1.82, 2.24) is 9.13 Å². The number of pyridine rings is 2. The lowest BCUT2D eigenvalue weighted by Gasteiger charge is -2.25. The third-order valence-electron chi connectivity index (χ3n) is 9.17. The molecular formula is C40H32F9N3O2. The van der Waals surface area contributed by atoms with E-state index < -0.39 is 64.2 Å². The van der Waals surface area contributed by atoms with Gasteiger partial charge in [0, 0.05) is 18.2 Å². The Morgan fingerprint density at radius 1 is 0.722 bits per heavy atom. The Morgan fingerprint density at radius 3 is 1.98 bits per heavy atom. The van der Waals surface area contributed by atoms with Gasteiger partial charge in [0.25, 0.3) is 11.1 Å². The van der Waals surface area contributed by atoms with Gasteiger partial charge in [0.1, 0.15) is 11.6 Å². The number of nitrogens with zero attached hydrogens (tertiary/aromatic N) is 3. The van der Waals surface area contributed by atoms with Crippen LogP contribution in [0.2, 0.25) is 0 Å². The summed E-state index contributed by atoms with van der Waals surface area (Å²) in [5, 5.41) is 9.24. The normalized spacial score (nSPS) is 13.6. The van der Waals surface area contributed by atoms with Crippen LogP contribution in [0.5, 0.6) is 0 Å². The molecule has 0 N–H and O–H groups in total. The van der Waals surface area contributed by atoms with Gasteiger partial charge < -0.3 is 9.13 Å². The number of aryl methyl sites for hydroxylation is 1. The number of benzene rings is 3. The minimum absolute atomic E-state index is 0.125. The number of hydrogen-bond acceptors (Lipinski definition) is 3. The quantitative estimate of drug-likeness (QED) is 0.128. The summed E-state index contributed by atoms with van der Waals surface area (Å²) in [6, 6.07) is 20.0. The summed E-state index contributed by atoms with van der Waals surface area (Å²) in [6.45, 7) is 1.63. The molecule has 6 rings (SSSR count). The predicted octanol–water partition coefficient (Wildman–Crippen LogP) is 10.3. The lowest BCUT2D eigenvalue weighted by molar-refractivity contribution is -0.138. The van der Waals surface area contributed by atoms with Crippen molar-refractivity contribution in [3.63, 3.8) is 0 Å². The van der Waals surface area contributed by atoms with E-state index in [1.54, 1.807) is 36.4 Å². The highest BCUT2D eigenvalue weighted by Gasteiger charge is 2.37. The number of hydrogen-bond donors (Lipinski definition) is 0. The highest BCUT2D eigenvalue weighted by molar-refractivity contribution is 5.63. The zero-order valence-corrected chi connectivity index (χ0v) is 28.7. The van der Waals surface area contributed by atoms with Crippen LogP contribution in [-0.2, 0) is 25.4 Å². The summed E-state index contributed by atoms with van der Waals surface area (Å²) in [4.78, 5) is 25.2. The molecular weight excluding hydrogens is 725 g/mol. The van der Waals surface area contributed by atoms with Gasteiger partial charge >= 0.3 is 12.4 Å². The zero-order chi connectivity index (χ0) is 39.4. The molecule has 54 heavy (non-hydrogen) atoms. The second-order valence-electron chi connectivity index (χ2n) is 13.0. The molecule has 5 aromatic rings. The van der Waals surface area contributed by atoms with E-state index in [2.05, 4.69) is 0 Å². The molecule has 0 bridgehead atoms. The molecule has 5 nitrogen and oxygen atoms in total. The SMILES string of the molecule is Cc1cccc(-c2cc(C(F)(F)F)c(C#N)c(=O)n2CC2CCCCC2)c1.O=c1cc(C(F)(F)F)cc(-c2ccccc2)n1Cc1ccc(F)c(F)c1F. The third-order valence-corrected chi connectivity index (χ3v) is 9.17. The maximum atomic E-state index is 14.0. The molecule has 0 radical (unpaired) electrons. The number of rotatable bonds is 6. The summed E-state index contributed by atoms with van der Waals surface area (Å²) in [5.74, 6) is -4.38. The van der Waals surface area contributed by atoms with E-state index >= 15 is 0 Å². The molecule has 0 spiro atoms. The Bertz CT molecular complexity index is 2300. The van der Waals surface area contributed by atoms with Crippen LogP contribution in [0.3, 0.4) is 0 Å². The molecule has 14 heteroatoms. The minimum Gasteiger partial charge on any atom is -0.307 e. The summed E-state index contributed by atoms with van der Waals surface area (Å²) < 4.78 is 122. The zero-order valence-electron chi connectivity index (χ0n) is 28.7. The number of aromatic nitrogens is 2. The molecule has 0 atom stereocenters. The molecule has 2 aromatic heterocycles. The van der Waals surface area contributed by atoms with E-state index in [4.69, 9.17) is 0 Å². The molecule has 1 saturated carbocycles. The Kier molecular flexibility index (Phi) is 11.9. The molecule has 282 valence electrons. The van der Waals surface area contributed by atoms with Gasteiger partial charge in [-0.25, -0.2) is 13.2 Å². The van der Waals surface area contributed by atoms with Gasteiger partial charge in [-0.05, 0) is 61.1 Å². The van der Waals surface area contributed by atoms with Crippen LogP contribution in [-0.4, -0.2) is 9.13 Å². The van der Waals surface area contributed by atoms with E-state index in [1.165, 1.54) is 22.8 Å². The summed E-state index contributed by atoms with van der Waals surface area (Å²) >= 11 is 0. The highest BCUT2D eigenvalue weighted by atomic mass is 19.4. The van der Waals surface area contributed by atoms with E-state index in [1.807, 2.05) is 13.0 Å². The van der Waals surface area contributed by atoms with Crippen molar-refractivity contribution >= 4 is 0 Å². The average molecular weight is 758 g/mol. The third kappa shape index (κ3) is 8.95. The van der Waals surface area contributed by atoms with Gasteiger partial charge in [-0.1, -0.05) is 79.4 Å². The van der Waals surface area contributed by atoms with Gasteiger partial charge in [-0.2, -0.15) is 31.6 Å². The number of nitriles is 1. The van der Waals surface area contributed by atoms with Gasteiger partial charge in [0.05, 0.1) is 29.1 Å². The molecule has 0 unspecified atom stereocenters. The Balaban J connectivity index is 0.000000208. The Hall–Kier alpha value is -5.58. The minimum atomic E-state index is -4.76. The first-order chi connectivity index (χ1) is 25.5. The molecule has 1 fully saturated rings. The molecule has 0 saturated heterocycles. The fourth-order valence-corrected chi connectivity index (χ4v) is 6.46. The monoisotopic (exact) mass is 757 g/mol. The predicted molar refractivity (Wildman–Crippen MR) is 184 cm³/mol. The average Bonchev–Trinajstić information content (AvgIpc) is 3.13. The fraction of sp³-hybridized carbons (Fsp3) is 0.275. The van der Waals surface area contributed by atoms with Crippen LogP contribution < -0.4 is 11.1 Å². The first-order valence-electron chi connectivity index (χ1n) is 16.8. The van der Waals surface area contributed by atoms with Gasteiger partial charge in [0.15, 0.2) is 17.5 Å². The molecule has 0 amide bonds. The van der Waals surface area contributed by atoms with Crippen LogP contribution in [0.4, 0.5) is 39.5 Å². The van der Waals surface area contributed by atoms with Crippen LogP contribution in [0.1, 0.15) is 59.9 Å². The van der Waals surface area contributed by atoms with Crippen LogP contribution in [0.25, 0.3) is 22.5 Å². The van der Waals surface area contributed by atoms with Crippen molar-refractivity contribution in [2.24, 2.45) is 5.92 Å². The van der Waals surface area contributed by atoms with Crippen molar-refractivity contribution in [2.45, 2.75) is 64.5 Å². The Morgan fingerprint density at radius 2 is 1.37 bits per heavy atom. The van der Waals surface area contributed by atoms with E-state index in [9.17, 15) is 54.4 Å². The molecule has 0 aliphatic heterocycles. The van der Waals surface area contributed by atoms with Crippen molar-refractivity contribution in [3.8, 4) is 28.6 Å². The number of halogens is 9. The van der Waals surface area contributed by atoms with Gasteiger partial charge in [-0.15, -0.1) is 0 Å². The second kappa shape index (κ2) is 16.2. The molecule has 2 heterocycles. The Labute approximate surface area is 303 Å². The summed E-state index contributed by atoms with van der Waals surface area (Å²) in [5.41, 5.74) is -3.59. The van der Waals surface area contributed by atoms with E-state index in [0.717, 1.165) is 60.4 Å². The van der Waals surface area contributed by atoms with Crippen molar-refractivity contribution in [3.05, 3.63) is 151 Å². The topological polar surface area (TPSA) is 67.8 Å². The largest absolute Gasteiger partial charge is 0.417 e. The maximum Gasteiger partial charge on any atom is 0.417 e. The lowest BCUT2D eigenvalue weighted by Crippen LogP contribution is -2.31. The summed E-state index contributed by atoms with van der Waals surface area (Å²) in [7, 11) is 0. The first-order valence-corrected chi connectivity index (χ1v) is 16.8. The van der Waals surface area contributed by atoms with E-state index in [0.29, 0.717) is 24.2 Å². The van der Waals surface area contributed by atoms with Gasteiger partial charge in [0.2, 0.25) is 0 Å². The van der Waals surface area contributed by atoms with Gasteiger partial charge in [-0.3, -0.25) is 9.59 Å². The van der Waals surface area contributed by atoms with Crippen molar-refractivity contribution in [2.75, 3.05) is 0 Å². The van der Waals surface area contributed by atoms with Crippen molar-refractivity contribution in [1.29, 1.82) is 5.26 Å². The fourth-order valence-electron chi connectivity index (χ4n) is 6.46. The smallest absolute Gasteiger partial charge is 0.307 e. The molecule has 3 aromatic carbocycles. The lowest BCUT2D eigenvalue weighted by atomic mass is 9.89. The summed E-state index contributed by atoms with van der Waals surface area (Å²) in [6.07, 6.45) is -4.35. The molecule has 1 aliphatic carbocycles. The van der Waals surface area contributed by atoms with Crippen LogP contribution in [0.15, 0.2) is 94.5 Å². The highest BCUT2D eigenvalue weighted by Crippen LogP contribution is 2.35. The number of alkyl halides is 6. The van der Waals surface area contributed by atoms with Crippen LogP contribution in [0, 0.1) is 41.6 Å². The maximum absolute atomic E-state index is 14.0. The van der Waals surface area contributed by atoms with Crippen molar-refractivity contribution < 1.29 is 39.5 Å². The van der Waals surface area contributed by atoms with E-state index in [-0.39, 0.29) is 28.4 Å².